The van der Waals surface area contributed by atoms with Crippen molar-refractivity contribution in [2.45, 2.75) is 25.8 Å². The van der Waals surface area contributed by atoms with Gasteiger partial charge in [-0.25, -0.2) is 0 Å². The summed E-state index contributed by atoms with van der Waals surface area (Å²) in [5.41, 5.74) is 6.51. The van der Waals surface area contributed by atoms with Crippen LogP contribution < -0.4 is 11.1 Å². The maximum atomic E-state index is 11.9. The molecule has 0 aliphatic rings. The van der Waals surface area contributed by atoms with E-state index in [1.807, 2.05) is 6.92 Å². The highest BCUT2D eigenvalue weighted by Crippen LogP contribution is 2.18. The molecule has 4 heteroatoms. The summed E-state index contributed by atoms with van der Waals surface area (Å²) in [4.78, 5) is 11.9. The van der Waals surface area contributed by atoms with E-state index in [2.05, 4.69) is 11.2 Å². The molecule has 3 N–H and O–H groups in total. The van der Waals surface area contributed by atoms with Gasteiger partial charge in [0, 0.05) is 23.2 Å². The third kappa shape index (κ3) is 3.69. The normalized spacial score (nSPS) is 11.6. The van der Waals surface area contributed by atoms with Gasteiger partial charge in [0.1, 0.15) is 0 Å². The first-order valence-electron chi connectivity index (χ1n) is 5.37. The molecule has 0 saturated carbocycles. The number of rotatable bonds is 4. The number of anilines is 1. The third-order valence-corrected chi connectivity index (χ3v) is 2.69. The molecule has 0 heterocycles. The van der Waals surface area contributed by atoms with E-state index in [9.17, 15) is 4.79 Å². The Kier molecular flexibility index (Phi) is 4.86. The molecule has 0 spiro atoms. The molecule has 3 nitrogen and oxygen atoms in total. The maximum Gasteiger partial charge on any atom is 0.253 e. The number of hydrogen-bond donors (Lipinski definition) is 2. The first kappa shape index (κ1) is 13.4. The predicted molar refractivity (Wildman–Crippen MR) is 70.9 cm³/mol. The van der Waals surface area contributed by atoms with E-state index >= 15 is 0 Å². The number of carbonyl (C=O) groups is 1. The lowest BCUT2D eigenvalue weighted by molar-refractivity contribution is 0.0937. The average molecular weight is 251 g/mol. The number of halogens is 1. The zero-order valence-corrected chi connectivity index (χ0v) is 10.4. The molecule has 1 rings (SSSR count). The zero-order chi connectivity index (χ0) is 12.8. The van der Waals surface area contributed by atoms with Gasteiger partial charge in [0.15, 0.2) is 0 Å². The van der Waals surface area contributed by atoms with E-state index in [4.69, 9.17) is 23.8 Å². The van der Waals surface area contributed by atoms with Crippen molar-refractivity contribution < 1.29 is 4.79 Å². The molecule has 0 aromatic heterocycles. The molecule has 0 aliphatic heterocycles. The Bertz CT molecular complexity index is 451. The molecule has 90 valence electrons. The van der Waals surface area contributed by atoms with Crippen LogP contribution >= 0.6 is 11.6 Å². The van der Waals surface area contributed by atoms with Gasteiger partial charge in [-0.3, -0.25) is 4.79 Å². The van der Waals surface area contributed by atoms with Gasteiger partial charge in [-0.1, -0.05) is 18.5 Å². The summed E-state index contributed by atoms with van der Waals surface area (Å²) in [7, 11) is 0. The standard InChI is InChI=1S/C13H15ClN2O/c1-3-5-10(4-2)16-13(17)11-8-9(14)6-7-12(11)15/h1,6-8,10H,4-5,15H2,2H3,(H,16,17). The van der Waals surface area contributed by atoms with Crippen LogP contribution in [-0.2, 0) is 0 Å². The van der Waals surface area contributed by atoms with Crippen molar-refractivity contribution in [3.05, 3.63) is 28.8 Å². The van der Waals surface area contributed by atoms with E-state index < -0.39 is 0 Å². The zero-order valence-electron chi connectivity index (χ0n) is 9.66. The van der Waals surface area contributed by atoms with Gasteiger partial charge in [-0.05, 0) is 24.6 Å². The predicted octanol–water partition coefficient (Wildman–Crippen LogP) is 2.45. The van der Waals surface area contributed by atoms with E-state index in [0.717, 1.165) is 6.42 Å². The molecule has 0 fully saturated rings. The maximum absolute atomic E-state index is 11.9. The van der Waals surface area contributed by atoms with Gasteiger partial charge in [-0.15, -0.1) is 12.3 Å². The topological polar surface area (TPSA) is 55.1 Å². The Balaban J connectivity index is 2.82. The Labute approximate surface area is 106 Å². The van der Waals surface area contributed by atoms with Gasteiger partial charge in [0.05, 0.1) is 5.56 Å². The number of terminal acetylenes is 1. The van der Waals surface area contributed by atoms with Crippen LogP contribution in [0.1, 0.15) is 30.1 Å². The van der Waals surface area contributed by atoms with Crippen molar-refractivity contribution in [2.75, 3.05) is 5.73 Å². The SMILES string of the molecule is C#CCC(CC)NC(=O)c1cc(Cl)ccc1N. The molecule has 1 aromatic rings. The lowest BCUT2D eigenvalue weighted by Crippen LogP contribution is -2.34. The number of nitrogens with one attached hydrogen (secondary N) is 1. The fourth-order valence-electron chi connectivity index (χ4n) is 1.43. The second kappa shape index (κ2) is 6.17. The second-order valence-corrected chi connectivity index (χ2v) is 4.15. The molecule has 1 atom stereocenters. The summed E-state index contributed by atoms with van der Waals surface area (Å²) < 4.78 is 0. The molecule has 1 aromatic carbocycles. The van der Waals surface area contributed by atoms with Gasteiger partial charge < -0.3 is 11.1 Å². The van der Waals surface area contributed by atoms with Crippen molar-refractivity contribution in [1.82, 2.24) is 5.32 Å². The number of amides is 1. The highest BCUT2D eigenvalue weighted by Gasteiger charge is 2.14. The minimum atomic E-state index is -0.243. The van der Waals surface area contributed by atoms with Crippen molar-refractivity contribution in [1.29, 1.82) is 0 Å². The molecule has 0 saturated heterocycles. The molecule has 0 radical (unpaired) electrons. The van der Waals surface area contributed by atoms with Crippen LogP contribution in [0, 0.1) is 12.3 Å². The monoisotopic (exact) mass is 250 g/mol. The first-order chi connectivity index (χ1) is 8.08. The molecule has 0 aliphatic carbocycles. The van der Waals surface area contributed by atoms with Crippen LogP contribution in [0.5, 0.6) is 0 Å². The van der Waals surface area contributed by atoms with E-state index in [1.54, 1.807) is 18.2 Å². The molecule has 17 heavy (non-hydrogen) atoms. The van der Waals surface area contributed by atoms with Crippen molar-refractivity contribution in [3.63, 3.8) is 0 Å². The number of carbonyl (C=O) groups excluding carboxylic acids is 1. The lowest BCUT2D eigenvalue weighted by Gasteiger charge is -2.15. The van der Waals surface area contributed by atoms with E-state index in [1.165, 1.54) is 0 Å². The quantitative estimate of drug-likeness (QED) is 0.637. The number of hydrogen-bond acceptors (Lipinski definition) is 2. The molecular weight excluding hydrogens is 236 g/mol. The average Bonchev–Trinajstić information content (AvgIpc) is 2.31. The largest absolute Gasteiger partial charge is 0.398 e. The van der Waals surface area contributed by atoms with Crippen LogP contribution in [0.25, 0.3) is 0 Å². The van der Waals surface area contributed by atoms with Crippen LogP contribution in [0.2, 0.25) is 5.02 Å². The Morgan fingerprint density at radius 3 is 2.94 bits per heavy atom. The fourth-order valence-corrected chi connectivity index (χ4v) is 1.60. The third-order valence-electron chi connectivity index (χ3n) is 2.45. The van der Waals surface area contributed by atoms with Gasteiger partial charge >= 0.3 is 0 Å². The van der Waals surface area contributed by atoms with E-state index in [0.29, 0.717) is 22.7 Å². The summed E-state index contributed by atoms with van der Waals surface area (Å²) in [6, 6.07) is 4.77. The van der Waals surface area contributed by atoms with Crippen LogP contribution in [0.4, 0.5) is 5.69 Å². The minimum absolute atomic E-state index is 0.0362. The van der Waals surface area contributed by atoms with E-state index in [-0.39, 0.29) is 11.9 Å². The van der Waals surface area contributed by atoms with Crippen LogP contribution in [0.3, 0.4) is 0 Å². The Morgan fingerprint density at radius 2 is 2.35 bits per heavy atom. The first-order valence-corrected chi connectivity index (χ1v) is 5.75. The molecule has 0 bridgehead atoms. The summed E-state index contributed by atoms with van der Waals surface area (Å²) >= 11 is 5.82. The van der Waals surface area contributed by atoms with Crippen molar-refractivity contribution in [2.24, 2.45) is 0 Å². The van der Waals surface area contributed by atoms with Crippen LogP contribution in [0.15, 0.2) is 18.2 Å². The van der Waals surface area contributed by atoms with Gasteiger partial charge in [0.2, 0.25) is 0 Å². The second-order valence-electron chi connectivity index (χ2n) is 3.72. The Morgan fingerprint density at radius 1 is 1.65 bits per heavy atom. The summed E-state index contributed by atoms with van der Waals surface area (Å²) in [6.45, 7) is 1.96. The molecular formula is C13H15ClN2O. The smallest absolute Gasteiger partial charge is 0.253 e. The van der Waals surface area contributed by atoms with Crippen molar-refractivity contribution in [3.8, 4) is 12.3 Å². The number of benzene rings is 1. The van der Waals surface area contributed by atoms with Crippen molar-refractivity contribution >= 4 is 23.2 Å². The molecule has 1 amide bonds. The van der Waals surface area contributed by atoms with Gasteiger partial charge in [-0.2, -0.15) is 0 Å². The van der Waals surface area contributed by atoms with Crippen LogP contribution in [-0.4, -0.2) is 11.9 Å². The fraction of sp³-hybridized carbons (Fsp3) is 0.308. The highest BCUT2D eigenvalue weighted by atomic mass is 35.5. The number of nitrogens with two attached hydrogens (primary N) is 1. The number of nitrogen functional groups attached to an aromatic ring is 1. The highest BCUT2D eigenvalue weighted by molar-refractivity contribution is 6.31. The van der Waals surface area contributed by atoms with Gasteiger partial charge in [0.25, 0.3) is 5.91 Å². The molecule has 1 unspecified atom stereocenters. The summed E-state index contributed by atoms with van der Waals surface area (Å²) in [6.07, 6.45) is 6.50. The summed E-state index contributed by atoms with van der Waals surface area (Å²) in [5, 5.41) is 3.31. The lowest BCUT2D eigenvalue weighted by atomic mass is 10.1. The Hall–Kier alpha value is -1.66. The summed E-state index contributed by atoms with van der Waals surface area (Å²) in [5.74, 6) is 2.29. The minimum Gasteiger partial charge on any atom is -0.398 e.